The first kappa shape index (κ1) is 19.8. The largest absolute Gasteiger partial charge is 0.495 e. The van der Waals surface area contributed by atoms with Crippen molar-refractivity contribution < 1.29 is 17.5 Å². The van der Waals surface area contributed by atoms with Crippen LogP contribution in [0.4, 0.5) is 4.39 Å². The van der Waals surface area contributed by atoms with E-state index < -0.39 is 10.0 Å². The van der Waals surface area contributed by atoms with Crippen molar-refractivity contribution in [3.63, 3.8) is 0 Å². The summed E-state index contributed by atoms with van der Waals surface area (Å²) in [6, 6.07) is 11.7. The number of sulfonamides is 1. The van der Waals surface area contributed by atoms with Crippen LogP contribution in [0.5, 0.6) is 5.75 Å². The van der Waals surface area contributed by atoms with Crippen LogP contribution in [0.2, 0.25) is 0 Å². The Morgan fingerprint density at radius 3 is 2.33 bits per heavy atom. The van der Waals surface area contributed by atoms with E-state index in [0.717, 1.165) is 24.1 Å². The van der Waals surface area contributed by atoms with E-state index in [0.29, 0.717) is 31.9 Å². The lowest BCUT2D eigenvalue weighted by molar-refractivity contribution is 0.190. The van der Waals surface area contributed by atoms with Gasteiger partial charge in [0.1, 0.15) is 16.5 Å². The van der Waals surface area contributed by atoms with Gasteiger partial charge in [-0.05, 0) is 48.7 Å². The van der Waals surface area contributed by atoms with Crippen LogP contribution in [0, 0.1) is 12.7 Å². The molecule has 1 heterocycles. The number of hydrogen-bond donors (Lipinski definition) is 0. The predicted octanol–water partition coefficient (Wildman–Crippen LogP) is 2.69. The van der Waals surface area contributed by atoms with E-state index in [2.05, 4.69) is 4.90 Å². The third kappa shape index (κ3) is 4.66. The van der Waals surface area contributed by atoms with Crippen LogP contribution in [0.15, 0.2) is 47.4 Å². The number of hydrogen-bond acceptors (Lipinski definition) is 4. The zero-order chi connectivity index (χ0) is 19.4. The van der Waals surface area contributed by atoms with Crippen LogP contribution in [0.25, 0.3) is 0 Å². The van der Waals surface area contributed by atoms with E-state index in [1.807, 2.05) is 13.0 Å². The lowest BCUT2D eigenvalue weighted by Gasteiger charge is -2.34. The number of halogens is 1. The number of aryl methyl sites for hydroxylation is 1. The molecule has 1 saturated heterocycles. The summed E-state index contributed by atoms with van der Waals surface area (Å²) in [5.41, 5.74) is 1.96. The average Bonchev–Trinajstić information content (AvgIpc) is 2.68. The minimum atomic E-state index is -3.58. The third-order valence-corrected chi connectivity index (χ3v) is 6.82. The van der Waals surface area contributed by atoms with E-state index in [1.54, 1.807) is 24.3 Å². The lowest BCUT2D eigenvalue weighted by atomic mass is 10.1. The zero-order valence-corrected chi connectivity index (χ0v) is 16.5. The molecule has 27 heavy (non-hydrogen) atoms. The van der Waals surface area contributed by atoms with Crippen LogP contribution >= 0.6 is 0 Å². The van der Waals surface area contributed by atoms with Gasteiger partial charge in [0.15, 0.2) is 0 Å². The van der Waals surface area contributed by atoms with Gasteiger partial charge in [0.05, 0.1) is 7.11 Å². The average molecular weight is 392 g/mol. The van der Waals surface area contributed by atoms with Gasteiger partial charge in [0.2, 0.25) is 10.0 Å². The molecule has 2 aromatic rings. The van der Waals surface area contributed by atoms with Crippen LogP contribution in [-0.2, 0) is 16.4 Å². The summed E-state index contributed by atoms with van der Waals surface area (Å²) in [6.07, 6.45) is 0.818. The molecule has 0 atom stereocenters. The zero-order valence-electron chi connectivity index (χ0n) is 15.7. The first-order valence-electron chi connectivity index (χ1n) is 9.02. The third-order valence-electron chi connectivity index (χ3n) is 4.90. The van der Waals surface area contributed by atoms with E-state index in [-0.39, 0.29) is 10.7 Å². The van der Waals surface area contributed by atoms with Gasteiger partial charge >= 0.3 is 0 Å². The Hall–Kier alpha value is -1.96. The van der Waals surface area contributed by atoms with E-state index in [1.165, 1.54) is 23.5 Å². The minimum absolute atomic E-state index is 0.227. The maximum absolute atomic E-state index is 13.0. The van der Waals surface area contributed by atoms with E-state index in [4.69, 9.17) is 4.74 Å². The summed E-state index contributed by atoms with van der Waals surface area (Å²) in [6.45, 7) is 4.94. The molecular weight excluding hydrogens is 367 g/mol. The van der Waals surface area contributed by atoms with E-state index in [9.17, 15) is 12.8 Å². The number of piperazine rings is 1. The van der Waals surface area contributed by atoms with Crippen molar-refractivity contribution in [1.29, 1.82) is 0 Å². The first-order chi connectivity index (χ1) is 12.9. The molecule has 0 unspecified atom stereocenters. The monoisotopic (exact) mass is 392 g/mol. The molecule has 0 spiro atoms. The fraction of sp³-hybridized carbons (Fsp3) is 0.400. The van der Waals surface area contributed by atoms with Crippen molar-refractivity contribution in [3.05, 3.63) is 59.4 Å². The van der Waals surface area contributed by atoms with Gasteiger partial charge in [-0.1, -0.05) is 18.2 Å². The molecule has 2 aromatic carbocycles. The summed E-state index contributed by atoms with van der Waals surface area (Å²) >= 11 is 0. The van der Waals surface area contributed by atoms with Gasteiger partial charge in [-0.3, -0.25) is 0 Å². The Morgan fingerprint density at radius 1 is 1.04 bits per heavy atom. The van der Waals surface area contributed by atoms with Gasteiger partial charge in [-0.2, -0.15) is 4.31 Å². The molecule has 0 radical (unpaired) electrons. The molecule has 7 heteroatoms. The second-order valence-corrected chi connectivity index (χ2v) is 8.68. The molecule has 0 amide bonds. The second kappa shape index (κ2) is 8.37. The van der Waals surface area contributed by atoms with E-state index >= 15 is 0 Å². The van der Waals surface area contributed by atoms with Crippen LogP contribution in [0.3, 0.4) is 0 Å². The number of methoxy groups -OCH3 is 1. The molecular formula is C20H25FN2O3S. The molecule has 0 N–H and O–H groups in total. The lowest BCUT2D eigenvalue weighted by Crippen LogP contribution is -2.49. The molecule has 0 saturated carbocycles. The molecule has 5 nitrogen and oxygen atoms in total. The molecule has 3 rings (SSSR count). The molecule has 1 fully saturated rings. The Morgan fingerprint density at radius 2 is 1.70 bits per heavy atom. The van der Waals surface area contributed by atoms with Gasteiger partial charge < -0.3 is 9.64 Å². The fourth-order valence-electron chi connectivity index (χ4n) is 3.26. The Kier molecular flexibility index (Phi) is 6.14. The highest BCUT2D eigenvalue weighted by Crippen LogP contribution is 2.28. The summed E-state index contributed by atoms with van der Waals surface area (Å²) in [5, 5.41) is 0. The SMILES string of the molecule is COc1ccc(C)cc1S(=O)(=O)N1CCN(CCc2ccc(F)cc2)CC1. The molecule has 1 aliphatic rings. The van der Waals surface area contributed by atoms with Gasteiger partial charge in [0, 0.05) is 32.7 Å². The van der Waals surface area contributed by atoms with Crippen LogP contribution < -0.4 is 4.74 Å². The molecule has 0 aromatic heterocycles. The highest BCUT2D eigenvalue weighted by Gasteiger charge is 2.30. The highest BCUT2D eigenvalue weighted by atomic mass is 32.2. The summed E-state index contributed by atoms with van der Waals surface area (Å²) < 4.78 is 45.8. The van der Waals surface area contributed by atoms with Crippen molar-refractivity contribution in [3.8, 4) is 5.75 Å². The normalized spacial score (nSPS) is 16.4. The maximum Gasteiger partial charge on any atom is 0.246 e. The van der Waals surface area contributed by atoms with Gasteiger partial charge in [0.25, 0.3) is 0 Å². The van der Waals surface area contributed by atoms with Crippen molar-refractivity contribution in [2.45, 2.75) is 18.2 Å². The molecule has 146 valence electrons. The smallest absolute Gasteiger partial charge is 0.246 e. The van der Waals surface area contributed by atoms with Crippen LogP contribution in [0.1, 0.15) is 11.1 Å². The second-order valence-electron chi connectivity index (χ2n) is 6.78. The summed E-state index contributed by atoms with van der Waals surface area (Å²) in [4.78, 5) is 2.47. The maximum atomic E-state index is 13.0. The van der Waals surface area contributed by atoms with Gasteiger partial charge in [-0.15, -0.1) is 0 Å². The molecule has 0 bridgehead atoms. The molecule has 0 aliphatic carbocycles. The topological polar surface area (TPSA) is 49.9 Å². The predicted molar refractivity (Wildman–Crippen MR) is 103 cm³/mol. The summed E-state index contributed by atoms with van der Waals surface area (Å²) in [7, 11) is -2.10. The number of ether oxygens (including phenoxy) is 1. The van der Waals surface area contributed by atoms with Crippen molar-refractivity contribution >= 4 is 10.0 Å². The highest BCUT2D eigenvalue weighted by molar-refractivity contribution is 7.89. The quantitative estimate of drug-likeness (QED) is 0.759. The van der Waals surface area contributed by atoms with Crippen molar-refractivity contribution in [1.82, 2.24) is 9.21 Å². The van der Waals surface area contributed by atoms with Gasteiger partial charge in [-0.25, -0.2) is 12.8 Å². The Bertz CT molecular complexity index is 877. The van der Waals surface area contributed by atoms with Crippen LogP contribution in [-0.4, -0.2) is 57.5 Å². The first-order valence-corrected chi connectivity index (χ1v) is 10.5. The minimum Gasteiger partial charge on any atom is -0.495 e. The molecule has 1 aliphatic heterocycles. The number of benzene rings is 2. The Labute approximate surface area is 160 Å². The van der Waals surface area contributed by atoms with Crippen molar-refractivity contribution in [2.75, 3.05) is 39.8 Å². The summed E-state index contributed by atoms with van der Waals surface area (Å²) in [5.74, 6) is 0.142. The fourth-order valence-corrected chi connectivity index (χ4v) is 4.92. The number of rotatable bonds is 6. The Balaban J connectivity index is 1.61. The number of nitrogens with zero attached hydrogens (tertiary/aromatic N) is 2. The standard InChI is InChI=1S/C20H25FN2O3S/c1-16-3-8-19(26-2)20(15-16)27(24,25)23-13-11-22(12-14-23)10-9-17-4-6-18(21)7-5-17/h3-8,15H,9-14H2,1-2H3. The van der Waals surface area contributed by atoms with Crippen molar-refractivity contribution in [2.24, 2.45) is 0 Å².